The van der Waals surface area contributed by atoms with Gasteiger partial charge in [0.2, 0.25) is 0 Å². The molecule has 1 aromatic rings. The normalized spacial score (nSPS) is 10.4. The number of benzene rings is 1. The van der Waals surface area contributed by atoms with Crippen molar-refractivity contribution in [1.29, 1.82) is 0 Å². The molecular formula is C10H14O4. The van der Waals surface area contributed by atoms with Gasteiger partial charge in [-0.1, -0.05) is 0 Å². The molecule has 0 radical (unpaired) electrons. The van der Waals surface area contributed by atoms with Crippen molar-refractivity contribution in [3.63, 3.8) is 0 Å². The lowest BCUT2D eigenvalue weighted by Gasteiger charge is -2.10. The number of methoxy groups -OCH3 is 2. The van der Waals surface area contributed by atoms with E-state index in [2.05, 4.69) is 0 Å². The van der Waals surface area contributed by atoms with Crippen molar-refractivity contribution in [2.75, 3.05) is 14.2 Å². The average molecular weight is 198 g/mol. The highest BCUT2D eigenvalue weighted by Crippen LogP contribution is 2.31. The summed E-state index contributed by atoms with van der Waals surface area (Å²) in [5, 5.41) is 19.1. The van der Waals surface area contributed by atoms with Gasteiger partial charge in [0.15, 0.2) is 0 Å². The quantitative estimate of drug-likeness (QED) is 0.767. The Kier molecular flexibility index (Phi) is 3.73. The standard InChI is InChI=1S/C10H14O4/c1-13-5-7-3-4-9(11)8(6-14-2)10(7)12/h3-4,11-12H,5-6H2,1-2H3. The van der Waals surface area contributed by atoms with Gasteiger partial charge in [0.25, 0.3) is 0 Å². The van der Waals surface area contributed by atoms with Crippen molar-refractivity contribution in [3.05, 3.63) is 23.3 Å². The van der Waals surface area contributed by atoms with Crippen LogP contribution in [0.3, 0.4) is 0 Å². The van der Waals surface area contributed by atoms with Gasteiger partial charge in [-0.15, -0.1) is 0 Å². The summed E-state index contributed by atoms with van der Waals surface area (Å²) in [7, 11) is 3.05. The molecule has 0 spiro atoms. The van der Waals surface area contributed by atoms with Crippen LogP contribution in [0, 0.1) is 0 Å². The van der Waals surface area contributed by atoms with E-state index < -0.39 is 0 Å². The Hall–Kier alpha value is -1.26. The molecule has 2 N–H and O–H groups in total. The van der Waals surface area contributed by atoms with Crippen molar-refractivity contribution < 1.29 is 19.7 Å². The minimum absolute atomic E-state index is 0.0317. The highest BCUT2D eigenvalue weighted by molar-refractivity contribution is 5.48. The lowest BCUT2D eigenvalue weighted by Crippen LogP contribution is -1.95. The zero-order chi connectivity index (χ0) is 10.6. The maximum Gasteiger partial charge on any atom is 0.130 e. The fourth-order valence-corrected chi connectivity index (χ4v) is 1.23. The SMILES string of the molecule is COCc1ccc(O)c(COC)c1O. The highest BCUT2D eigenvalue weighted by Gasteiger charge is 2.11. The monoisotopic (exact) mass is 198 g/mol. The average Bonchev–Trinajstić information content (AvgIpc) is 2.17. The maximum atomic E-state index is 9.71. The number of rotatable bonds is 4. The van der Waals surface area contributed by atoms with E-state index in [-0.39, 0.29) is 18.1 Å². The summed E-state index contributed by atoms with van der Waals surface area (Å²) < 4.78 is 9.76. The molecule has 78 valence electrons. The van der Waals surface area contributed by atoms with E-state index in [1.165, 1.54) is 13.2 Å². The lowest BCUT2D eigenvalue weighted by molar-refractivity contribution is 0.172. The van der Waals surface area contributed by atoms with E-state index in [1.54, 1.807) is 13.2 Å². The highest BCUT2D eigenvalue weighted by atomic mass is 16.5. The van der Waals surface area contributed by atoms with E-state index in [1.807, 2.05) is 0 Å². The first-order valence-electron chi connectivity index (χ1n) is 4.21. The summed E-state index contributed by atoms with van der Waals surface area (Å²) in [6, 6.07) is 3.13. The summed E-state index contributed by atoms with van der Waals surface area (Å²) in [6.07, 6.45) is 0. The summed E-state index contributed by atoms with van der Waals surface area (Å²) in [5.41, 5.74) is 1.03. The number of ether oxygens (including phenoxy) is 2. The number of hydrogen-bond donors (Lipinski definition) is 2. The minimum Gasteiger partial charge on any atom is -0.507 e. The third kappa shape index (κ3) is 2.16. The second-order valence-electron chi connectivity index (χ2n) is 2.94. The van der Waals surface area contributed by atoms with Crippen LogP contribution in [-0.2, 0) is 22.7 Å². The van der Waals surface area contributed by atoms with Crippen molar-refractivity contribution in [2.24, 2.45) is 0 Å². The van der Waals surface area contributed by atoms with Gasteiger partial charge in [-0.2, -0.15) is 0 Å². The first-order chi connectivity index (χ1) is 6.70. The van der Waals surface area contributed by atoms with Crippen LogP contribution in [-0.4, -0.2) is 24.4 Å². The molecule has 14 heavy (non-hydrogen) atoms. The largest absolute Gasteiger partial charge is 0.507 e. The van der Waals surface area contributed by atoms with Crippen molar-refractivity contribution in [2.45, 2.75) is 13.2 Å². The molecule has 0 unspecified atom stereocenters. The second kappa shape index (κ2) is 4.83. The van der Waals surface area contributed by atoms with E-state index >= 15 is 0 Å². The zero-order valence-electron chi connectivity index (χ0n) is 8.28. The molecule has 0 fully saturated rings. The number of phenols is 2. The molecule has 4 nitrogen and oxygen atoms in total. The topological polar surface area (TPSA) is 58.9 Å². The van der Waals surface area contributed by atoms with Crippen LogP contribution in [0.4, 0.5) is 0 Å². The van der Waals surface area contributed by atoms with Crippen molar-refractivity contribution in [1.82, 2.24) is 0 Å². The Morgan fingerprint density at radius 1 is 1.07 bits per heavy atom. The molecule has 1 aromatic carbocycles. The molecule has 1 rings (SSSR count). The van der Waals surface area contributed by atoms with Gasteiger partial charge in [-0.3, -0.25) is 0 Å². The molecule has 0 atom stereocenters. The van der Waals surface area contributed by atoms with Crippen LogP contribution >= 0.6 is 0 Å². The van der Waals surface area contributed by atoms with Gasteiger partial charge in [-0.05, 0) is 12.1 Å². The summed E-state index contributed by atoms with van der Waals surface area (Å²) >= 11 is 0. The van der Waals surface area contributed by atoms with E-state index in [9.17, 15) is 10.2 Å². The number of hydrogen-bond acceptors (Lipinski definition) is 4. The minimum atomic E-state index is 0.0317. The van der Waals surface area contributed by atoms with Crippen LogP contribution in [0.1, 0.15) is 11.1 Å². The van der Waals surface area contributed by atoms with Crippen LogP contribution in [0.25, 0.3) is 0 Å². The molecule has 0 aliphatic carbocycles. The summed E-state index contributed by atoms with van der Waals surface area (Å²) in [5.74, 6) is 0.0675. The van der Waals surface area contributed by atoms with Gasteiger partial charge in [-0.25, -0.2) is 0 Å². The fraction of sp³-hybridized carbons (Fsp3) is 0.400. The molecule has 0 amide bonds. The third-order valence-electron chi connectivity index (χ3n) is 1.93. The second-order valence-corrected chi connectivity index (χ2v) is 2.94. The third-order valence-corrected chi connectivity index (χ3v) is 1.93. The van der Waals surface area contributed by atoms with E-state index in [0.717, 1.165) is 0 Å². The predicted octanol–water partition coefficient (Wildman–Crippen LogP) is 1.39. The van der Waals surface area contributed by atoms with Crippen LogP contribution in [0.2, 0.25) is 0 Å². The lowest BCUT2D eigenvalue weighted by atomic mass is 10.1. The van der Waals surface area contributed by atoms with E-state index in [0.29, 0.717) is 17.7 Å². The molecule has 0 saturated heterocycles. The van der Waals surface area contributed by atoms with Crippen LogP contribution in [0.15, 0.2) is 12.1 Å². The molecule has 4 heteroatoms. The predicted molar refractivity (Wildman–Crippen MR) is 51.2 cm³/mol. The Labute approximate surface area is 82.7 Å². The zero-order valence-corrected chi connectivity index (χ0v) is 8.28. The van der Waals surface area contributed by atoms with Gasteiger partial charge >= 0.3 is 0 Å². The number of phenolic OH excluding ortho intramolecular Hbond substituents is 2. The maximum absolute atomic E-state index is 9.71. The molecule has 0 aliphatic heterocycles. The molecule has 0 aliphatic rings. The Bertz CT molecular complexity index is 309. The smallest absolute Gasteiger partial charge is 0.130 e. The van der Waals surface area contributed by atoms with Gasteiger partial charge < -0.3 is 19.7 Å². The molecule has 0 heterocycles. The Morgan fingerprint density at radius 3 is 2.29 bits per heavy atom. The Morgan fingerprint density at radius 2 is 1.71 bits per heavy atom. The summed E-state index contributed by atoms with van der Waals surface area (Å²) in [4.78, 5) is 0. The number of aromatic hydroxyl groups is 2. The van der Waals surface area contributed by atoms with Crippen LogP contribution in [0.5, 0.6) is 11.5 Å². The van der Waals surface area contributed by atoms with Gasteiger partial charge in [0.05, 0.1) is 18.8 Å². The fourth-order valence-electron chi connectivity index (χ4n) is 1.23. The first-order valence-corrected chi connectivity index (χ1v) is 4.21. The van der Waals surface area contributed by atoms with Crippen LogP contribution < -0.4 is 0 Å². The molecular weight excluding hydrogens is 184 g/mol. The molecule has 0 aromatic heterocycles. The molecule has 0 saturated carbocycles. The van der Waals surface area contributed by atoms with Gasteiger partial charge in [0.1, 0.15) is 11.5 Å². The van der Waals surface area contributed by atoms with Crippen molar-refractivity contribution >= 4 is 0 Å². The van der Waals surface area contributed by atoms with Gasteiger partial charge in [0, 0.05) is 19.8 Å². The Balaban J connectivity index is 3.05. The molecule has 0 bridgehead atoms. The first kappa shape index (κ1) is 10.8. The summed E-state index contributed by atoms with van der Waals surface area (Å²) in [6.45, 7) is 0.484. The van der Waals surface area contributed by atoms with E-state index in [4.69, 9.17) is 9.47 Å². The van der Waals surface area contributed by atoms with Crippen molar-refractivity contribution in [3.8, 4) is 11.5 Å².